The molecule has 5 heteroatoms. The monoisotopic (exact) mass is 296 g/mol. The lowest BCUT2D eigenvalue weighted by Crippen LogP contribution is -2.23. The van der Waals surface area contributed by atoms with E-state index in [0.29, 0.717) is 12.1 Å². The van der Waals surface area contributed by atoms with E-state index in [4.69, 9.17) is 5.21 Å². The first-order chi connectivity index (χ1) is 10.7. The number of carbonyl (C=O) groups is 2. The summed E-state index contributed by atoms with van der Waals surface area (Å²) in [5.74, 6) is -0.841. The second kappa shape index (κ2) is 7.75. The first kappa shape index (κ1) is 15.5. The highest BCUT2D eigenvalue weighted by atomic mass is 16.5. The first-order valence-electron chi connectivity index (χ1n) is 6.75. The van der Waals surface area contributed by atoms with Crippen molar-refractivity contribution in [2.24, 2.45) is 0 Å². The lowest BCUT2D eigenvalue weighted by molar-refractivity contribution is 0.0706. The highest BCUT2D eigenvalue weighted by Crippen LogP contribution is 2.04. The summed E-state index contributed by atoms with van der Waals surface area (Å²) >= 11 is 0. The third-order valence-electron chi connectivity index (χ3n) is 3.00. The number of hydroxylamine groups is 1. The lowest BCUT2D eigenvalue weighted by Gasteiger charge is -2.03. The van der Waals surface area contributed by atoms with Crippen molar-refractivity contribution < 1.29 is 14.8 Å². The van der Waals surface area contributed by atoms with Gasteiger partial charge in [0.25, 0.3) is 11.8 Å². The van der Waals surface area contributed by atoms with Crippen molar-refractivity contribution in [2.75, 3.05) is 6.54 Å². The molecule has 5 nitrogen and oxygen atoms in total. The zero-order valence-electron chi connectivity index (χ0n) is 11.8. The van der Waals surface area contributed by atoms with Crippen molar-refractivity contribution in [1.82, 2.24) is 10.8 Å². The molecular formula is C17H16N2O3. The molecule has 0 atom stereocenters. The zero-order valence-corrected chi connectivity index (χ0v) is 11.8. The molecule has 0 aliphatic rings. The van der Waals surface area contributed by atoms with Crippen LogP contribution in [0.4, 0.5) is 0 Å². The van der Waals surface area contributed by atoms with E-state index in [1.54, 1.807) is 0 Å². The summed E-state index contributed by atoms with van der Waals surface area (Å²) in [4.78, 5) is 23.1. The molecule has 3 N–H and O–H groups in total. The largest absolute Gasteiger partial charge is 0.349 e. The summed E-state index contributed by atoms with van der Waals surface area (Å²) in [6.07, 6.45) is 3.79. The predicted molar refractivity (Wildman–Crippen MR) is 83.5 cm³/mol. The molecule has 0 saturated heterocycles. The van der Waals surface area contributed by atoms with E-state index in [-0.39, 0.29) is 11.5 Å². The van der Waals surface area contributed by atoms with E-state index in [1.165, 1.54) is 29.7 Å². The smallest absolute Gasteiger partial charge is 0.274 e. The van der Waals surface area contributed by atoms with E-state index >= 15 is 0 Å². The predicted octanol–water partition coefficient (Wildman–Crippen LogP) is 2.25. The molecule has 22 heavy (non-hydrogen) atoms. The Hall–Kier alpha value is -2.92. The molecule has 0 aromatic heterocycles. The first-order valence-corrected chi connectivity index (χ1v) is 6.75. The lowest BCUT2D eigenvalue weighted by atomic mass is 10.1. The van der Waals surface area contributed by atoms with E-state index in [9.17, 15) is 9.59 Å². The van der Waals surface area contributed by atoms with Crippen molar-refractivity contribution in [2.45, 2.75) is 0 Å². The number of rotatable bonds is 5. The summed E-state index contributed by atoms with van der Waals surface area (Å²) < 4.78 is 0. The Morgan fingerprint density at radius 3 is 2.09 bits per heavy atom. The van der Waals surface area contributed by atoms with Gasteiger partial charge in [-0.2, -0.15) is 0 Å². The molecule has 0 saturated carbocycles. The van der Waals surface area contributed by atoms with Gasteiger partial charge >= 0.3 is 0 Å². The number of nitrogens with one attached hydrogen (secondary N) is 2. The van der Waals surface area contributed by atoms with Crippen LogP contribution in [0.2, 0.25) is 0 Å². The molecule has 0 aliphatic heterocycles. The minimum atomic E-state index is -0.613. The number of amides is 2. The molecule has 0 spiro atoms. The summed E-state index contributed by atoms with van der Waals surface area (Å²) in [6.45, 7) is 0.409. The number of hydrogen-bond acceptors (Lipinski definition) is 3. The minimum Gasteiger partial charge on any atom is -0.349 e. The van der Waals surface area contributed by atoms with Gasteiger partial charge in [-0.1, -0.05) is 42.5 Å². The molecule has 112 valence electrons. The second-order valence-corrected chi connectivity index (χ2v) is 4.54. The van der Waals surface area contributed by atoms with Gasteiger partial charge in [-0.15, -0.1) is 0 Å². The number of benzene rings is 2. The summed E-state index contributed by atoms with van der Waals surface area (Å²) in [6, 6.07) is 15.8. The molecular weight excluding hydrogens is 280 g/mol. The van der Waals surface area contributed by atoms with E-state index in [0.717, 1.165) is 5.56 Å². The molecule has 2 aromatic carbocycles. The van der Waals surface area contributed by atoms with Gasteiger partial charge in [0.15, 0.2) is 0 Å². The Morgan fingerprint density at radius 2 is 1.50 bits per heavy atom. The summed E-state index contributed by atoms with van der Waals surface area (Å²) in [7, 11) is 0. The van der Waals surface area contributed by atoms with Crippen LogP contribution in [0.15, 0.2) is 60.7 Å². The van der Waals surface area contributed by atoms with Crippen LogP contribution < -0.4 is 10.8 Å². The van der Waals surface area contributed by atoms with E-state index in [2.05, 4.69) is 5.32 Å². The van der Waals surface area contributed by atoms with Gasteiger partial charge in [-0.05, 0) is 29.8 Å². The van der Waals surface area contributed by atoms with Gasteiger partial charge < -0.3 is 5.32 Å². The maximum Gasteiger partial charge on any atom is 0.274 e. The van der Waals surface area contributed by atoms with Crippen LogP contribution in [0.5, 0.6) is 0 Å². The number of carbonyl (C=O) groups excluding carboxylic acids is 2. The van der Waals surface area contributed by atoms with Crippen LogP contribution in [0.25, 0.3) is 6.08 Å². The topological polar surface area (TPSA) is 78.4 Å². The van der Waals surface area contributed by atoms with Gasteiger partial charge in [0.05, 0.1) is 0 Å². The standard InChI is InChI=1S/C17H16N2O3/c20-16(14-8-10-15(11-9-14)17(21)19-22)18-12-4-7-13-5-2-1-3-6-13/h1-11,22H,12H2,(H,18,20)(H,19,21)/b7-4-. The van der Waals surface area contributed by atoms with Crippen LogP contribution in [-0.2, 0) is 0 Å². The molecule has 0 unspecified atom stereocenters. The van der Waals surface area contributed by atoms with Crippen molar-refractivity contribution >= 4 is 17.9 Å². The van der Waals surface area contributed by atoms with Gasteiger partial charge in [-0.25, -0.2) is 5.48 Å². The average Bonchev–Trinajstić information content (AvgIpc) is 2.59. The van der Waals surface area contributed by atoms with Gasteiger partial charge in [0.1, 0.15) is 0 Å². The molecule has 2 aromatic rings. The van der Waals surface area contributed by atoms with E-state index in [1.807, 2.05) is 42.5 Å². The van der Waals surface area contributed by atoms with Gasteiger partial charge in [-0.3, -0.25) is 14.8 Å². The van der Waals surface area contributed by atoms with Crippen LogP contribution in [-0.4, -0.2) is 23.6 Å². The average molecular weight is 296 g/mol. The number of hydrogen-bond donors (Lipinski definition) is 3. The third kappa shape index (κ3) is 4.29. The SMILES string of the molecule is O=C(NO)c1ccc(C(=O)NC/C=C\c2ccccc2)cc1. The van der Waals surface area contributed by atoms with Gasteiger partial charge in [0, 0.05) is 17.7 Å². The Bertz CT molecular complexity index is 664. The Balaban J connectivity index is 1.87. The van der Waals surface area contributed by atoms with Crippen molar-refractivity contribution in [1.29, 1.82) is 0 Å². The minimum absolute atomic E-state index is 0.228. The fourth-order valence-electron chi connectivity index (χ4n) is 1.85. The molecule has 0 aliphatic carbocycles. The van der Waals surface area contributed by atoms with Crippen molar-refractivity contribution in [3.63, 3.8) is 0 Å². The van der Waals surface area contributed by atoms with Crippen molar-refractivity contribution in [3.8, 4) is 0 Å². The van der Waals surface area contributed by atoms with Crippen LogP contribution in [0, 0.1) is 0 Å². The molecule has 0 radical (unpaired) electrons. The zero-order chi connectivity index (χ0) is 15.8. The van der Waals surface area contributed by atoms with Gasteiger partial charge in [0.2, 0.25) is 0 Å². The molecule has 2 amide bonds. The molecule has 0 fully saturated rings. The summed E-state index contributed by atoms with van der Waals surface area (Å²) in [5.41, 5.74) is 3.33. The quantitative estimate of drug-likeness (QED) is 0.585. The second-order valence-electron chi connectivity index (χ2n) is 4.54. The molecule has 2 rings (SSSR count). The van der Waals surface area contributed by atoms with Crippen LogP contribution in [0.1, 0.15) is 26.3 Å². The highest BCUT2D eigenvalue weighted by molar-refractivity contribution is 5.97. The molecule has 0 bridgehead atoms. The fraction of sp³-hybridized carbons (Fsp3) is 0.0588. The third-order valence-corrected chi connectivity index (χ3v) is 3.00. The Morgan fingerprint density at radius 1 is 0.909 bits per heavy atom. The molecule has 0 heterocycles. The normalized spacial score (nSPS) is 10.4. The van der Waals surface area contributed by atoms with Crippen LogP contribution >= 0.6 is 0 Å². The fourth-order valence-corrected chi connectivity index (χ4v) is 1.85. The summed E-state index contributed by atoms with van der Waals surface area (Å²) in [5, 5.41) is 11.3. The Kier molecular flexibility index (Phi) is 5.45. The maximum atomic E-state index is 11.9. The van der Waals surface area contributed by atoms with Crippen LogP contribution in [0.3, 0.4) is 0 Å². The maximum absolute atomic E-state index is 11.9. The van der Waals surface area contributed by atoms with Crippen molar-refractivity contribution in [3.05, 3.63) is 77.4 Å². The van der Waals surface area contributed by atoms with E-state index < -0.39 is 5.91 Å². The Labute approximate surface area is 128 Å². The highest BCUT2D eigenvalue weighted by Gasteiger charge is 2.07.